The molecular weight excluding hydrogens is 302 g/mol. The molecule has 132 valence electrons. The fourth-order valence-corrected chi connectivity index (χ4v) is 3.05. The highest BCUT2D eigenvalue weighted by Crippen LogP contribution is 2.12. The van der Waals surface area contributed by atoms with Gasteiger partial charge < -0.3 is 15.5 Å². The Kier molecular flexibility index (Phi) is 6.37. The maximum atomic E-state index is 12.4. The van der Waals surface area contributed by atoms with Gasteiger partial charge in [0.05, 0.1) is 0 Å². The molecule has 5 heteroatoms. The third-order valence-electron chi connectivity index (χ3n) is 4.58. The summed E-state index contributed by atoms with van der Waals surface area (Å²) in [7, 11) is 1.81. The predicted octanol–water partition coefficient (Wildman–Crippen LogP) is 2.17. The van der Waals surface area contributed by atoms with E-state index in [9.17, 15) is 9.59 Å². The molecule has 24 heavy (non-hydrogen) atoms. The first-order valence-electron chi connectivity index (χ1n) is 8.76. The zero-order valence-corrected chi connectivity index (χ0v) is 15.1. The molecule has 1 aliphatic heterocycles. The molecule has 0 aliphatic carbocycles. The van der Waals surface area contributed by atoms with Gasteiger partial charge in [0.2, 0.25) is 5.91 Å². The summed E-state index contributed by atoms with van der Waals surface area (Å²) >= 11 is 0. The summed E-state index contributed by atoms with van der Waals surface area (Å²) in [6.07, 6.45) is 2.10. The van der Waals surface area contributed by atoms with Gasteiger partial charge in [-0.05, 0) is 44.0 Å². The molecule has 0 bridgehead atoms. The molecule has 1 aliphatic rings. The Morgan fingerprint density at radius 1 is 1.29 bits per heavy atom. The van der Waals surface area contributed by atoms with Crippen LogP contribution in [-0.4, -0.2) is 42.4 Å². The molecule has 0 saturated carbocycles. The first-order chi connectivity index (χ1) is 11.4. The van der Waals surface area contributed by atoms with Gasteiger partial charge in [-0.15, -0.1) is 0 Å². The lowest BCUT2D eigenvalue weighted by molar-refractivity contribution is -0.133. The fraction of sp³-hybridized carbons (Fsp3) is 0.579. The molecule has 1 saturated heterocycles. The van der Waals surface area contributed by atoms with E-state index in [0.717, 1.165) is 24.9 Å². The topological polar surface area (TPSA) is 61.4 Å². The monoisotopic (exact) mass is 331 g/mol. The highest BCUT2D eigenvalue weighted by atomic mass is 16.2. The summed E-state index contributed by atoms with van der Waals surface area (Å²) in [6, 6.07) is 7.99. The van der Waals surface area contributed by atoms with Crippen molar-refractivity contribution in [3.05, 3.63) is 35.4 Å². The molecule has 2 N–H and O–H groups in total. The Labute approximate surface area is 144 Å². The summed E-state index contributed by atoms with van der Waals surface area (Å²) in [5, 5.41) is 6.50. The van der Waals surface area contributed by atoms with Gasteiger partial charge in [0.1, 0.15) is 0 Å². The summed E-state index contributed by atoms with van der Waals surface area (Å²) < 4.78 is 0. The molecule has 1 fully saturated rings. The number of nitrogens with zero attached hydrogens (tertiary/aromatic N) is 1. The standard InChI is InChI=1S/C19H29N3O2/c1-13(2)19(24)22(4)12-15-7-9-16(10-8-15)18(23)21-17-6-5-11-20-14(17)3/h7-10,13-14,17,20H,5-6,11-12H2,1-4H3,(H,21,23). The number of rotatable bonds is 5. The fourth-order valence-electron chi connectivity index (χ4n) is 3.05. The van der Waals surface area contributed by atoms with Crippen LogP contribution < -0.4 is 10.6 Å². The summed E-state index contributed by atoms with van der Waals surface area (Å²) in [4.78, 5) is 26.0. The van der Waals surface area contributed by atoms with E-state index in [-0.39, 0.29) is 23.8 Å². The van der Waals surface area contributed by atoms with Gasteiger partial charge in [-0.1, -0.05) is 26.0 Å². The van der Waals surface area contributed by atoms with Crippen LogP contribution in [0.15, 0.2) is 24.3 Å². The maximum Gasteiger partial charge on any atom is 0.251 e. The number of nitrogens with one attached hydrogen (secondary N) is 2. The summed E-state index contributed by atoms with van der Waals surface area (Å²) in [5.41, 5.74) is 1.69. The van der Waals surface area contributed by atoms with Gasteiger partial charge >= 0.3 is 0 Å². The molecular formula is C19H29N3O2. The van der Waals surface area contributed by atoms with E-state index in [1.165, 1.54) is 0 Å². The average molecular weight is 331 g/mol. The Bertz CT molecular complexity index is 568. The Balaban J connectivity index is 1.93. The van der Waals surface area contributed by atoms with Gasteiger partial charge in [0.25, 0.3) is 5.91 Å². The van der Waals surface area contributed by atoms with Crippen molar-refractivity contribution in [2.24, 2.45) is 5.92 Å². The first kappa shape index (κ1) is 18.5. The second-order valence-corrected chi connectivity index (χ2v) is 7.01. The SMILES string of the molecule is CC(C)C(=O)N(C)Cc1ccc(C(=O)NC2CCCNC2C)cc1. The lowest BCUT2D eigenvalue weighted by atomic mass is 9.99. The Morgan fingerprint density at radius 3 is 2.54 bits per heavy atom. The zero-order chi connectivity index (χ0) is 17.7. The van der Waals surface area contributed by atoms with E-state index >= 15 is 0 Å². The minimum absolute atomic E-state index is 0.00820. The van der Waals surface area contributed by atoms with Crippen molar-refractivity contribution in [1.82, 2.24) is 15.5 Å². The third kappa shape index (κ3) is 4.81. The van der Waals surface area contributed by atoms with Gasteiger partial charge in [-0.25, -0.2) is 0 Å². The molecule has 1 aromatic rings. The Morgan fingerprint density at radius 2 is 1.96 bits per heavy atom. The van der Waals surface area contributed by atoms with E-state index in [2.05, 4.69) is 17.6 Å². The van der Waals surface area contributed by atoms with Crippen LogP contribution in [0.3, 0.4) is 0 Å². The van der Waals surface area contributed by atoms with Crippen molar-refractivity contribution in [1.29, 1.82) is 0 Å². The number of hydrogen-bond acceptors (Lipinski definition) is 3. The van der Waals surface area contributed by atoms with E-state index in [1.54, 1.807) is 11.9 Å². The van der Waals surface area contributed by atoms with Crippen LogP contribution in [0.5, 0.6) is 0 Å². The van der Waals surface area contributed by atoms with Crippen LogP contribution in [-0.2, 0) is 11.3 Å². The van der Waals surface area contributed by atoms with E-state index < -0.39 is 0 Å². The minimum Gasteiger partial charge on any atom is -0.348 e. The maximum absolute atomic E-state index is 12.4. The quantitative estimate of drug-likeness (QED) is 0.869. The molecule has 2 unspecified atom stereocenters. The molecule has 1 aromatic carbocycles. The highest BCUT2D eigenvalue weighted by Gasteiger charge is 2.22. The molecule has 0 radical (unpaired) electrons. The number of hydrogen-bond donors (Lipinski definition) is 2. The summed E-state index contributed by atoms with van der Waals surface area (Å²) in [6.45, 7) is 7.48. The normalized spacial score (nSPS) is 20.7. The van der Waals surface area contributed by atoms with Crippen molar-refractivity contribution >= 4 is 11.8 Å². The molecule has 5 nitrogen and oxygen atoms in total. The number of carbonyl (C=O) groups excluding carboxylic acids is 2. The molecule has 2 atom stereocenters. The number of benzene rings is 1. The second-order valence-electron chi connectivity index (χ2n) is 7.01. The average Bonchev–Trinajstić information content (AvgIpc) is 2.56. The van der Waals surface area contributed by atoms with Crippen molar-refractivity contribution < 1.29 is 9.59 Å². The summed E-state index contributed by atoms with van der Waals surface area (Å²) in [5.74, 6) is 0.0791. The molecule has 2 rings (SSSR count). The van der Waals surface area contributed by atoms with Crippen LogP contribution in [0.1, 0.15) is 49.5 Å². The second kappa shape index (κ2) is 8.29. The molecule has 0 spiro atoms. The van der Waals surface area contributed by atoms with Crippen LogP contribution in [0.2, 0.25) is 0 Å². The smallest absolute Gasteiger partial charge is 0.251 e. The molecule has 1 heterocycles. The Hall–Kier alpha value is -1.88. The van der Waals surface area contributed by atoms with Crippen molar-refractivity contribution in [3.8, 4) is 0 Å². The van der Waals surface area contributed by atoms with Crippen LogP contribution in [0.25, 0.3) is 0 Å². The van der Waals surface area contributed by atoms with Crippen LogP contribution in [0, 0.1) is 5.92 Å². The zero-order valence-electron chi connectivity index (χ0n) is 15.1. The third-order valence-corrected chi connectivity index (χ3v) is 4.58. The van der Waals surface area contributed by atoms with Crippen LogP contribution >= 0.6 is 0 Å². The van der Waals surface area contributed by atoms with Crippen molar-refractivity contribution in [2.75, 3.05) is 13.6 Å². The predicted molar refractivity (Wildman–Crippen MR) is 95.7 cm³/mol. The minimum atomic E-state index is -0.0336. The van der Waals surface area contributed by atoms with Crippen LogP contribution in [0.4, 0.5) is 0 Å². The first-order valence-corrected chi connectivity index (χ1v) is 8.76. The van der Waals surface area contributed by atoms with Crippen molar-refractivity contribution in [3.63, 3.8) is 0 Å². The van der Waals surface area contributed by atoms with E-state index in [4.69, 9.17) is 0 Å². The largest absolute Gasteiger partial charge is 0.348 e. The van der Waals surface area contributed by atoms with E-state index in [1.807, 2.05) is 38.1 Å². The lowest BCUT2D eigenvalue weighted by Crippen LogP contribution is -2.51. The van der Waals surface area contributed by atoms with Gasteiger partial charge in [-0.2, -0.15) is 0 Å². The van der Waals surface area contributed by atoms with Gasteiger partial charge in [-0.3, -0.25) is 9.59 Å². The lowest BCUT2D eigenvalue weighted by Gasteiger charge is -2.30. The highest BCUT2D eigenvalue weighted by molar-refractivity contribution is 5.94. The molecule has 0 aromatic heterocycles. The van der Waals surface area contributed by atoms with Crippen molar-refractivity contribution in [2.45, 2.75) is 52.2 Å². The van der Waals surface area contributed by atoms with Gasteiger partial charge in [0, 0.05) is 37.2 Å². The van der Waals surface area contributed by atoms with Gasteiger partial charge in [0.15, 0.2) is 0 Å². The number of piperidine rings is 1. The van der Waals surface area contributed by atoms with E-state index in [0.29, 0.717) is 18.2 Å². The number of carbonyl (C=O) groups is 2. The number of amides is 2. The molecule has 2 amide bonds.